The number of sulfonamides is 2. The molecule has 0 spiro atoms. The average molecular weight is 957 g/mol. The lowest BCUT2D eigenvalue weighted by molar-refractivity contribution is 0.101. The van der Waals surface area contributed by atoms with E-state index in [9.17, 15) is 26.4 Å². The molecule has 0 fully saturated rings. The van der Waals surface area contributed by atoms with Crippen LogP contribution < -0.4 is 36.1 Å². The number of rotatable bonds is 12. The molecule has 1 aliphatic carbocycles. The lowest BCUT2D eigenvalue weighted by Gasteiger charge is -2.14. The van der Waals surface area contributed by atoms with Crippen LogP contribution in [0, 0.1) is 0 Å². The van der Waals surface area contributed by atoms with Gasteiger partial charge < -0.3 is 25.8 Å². The number of carbonyl (C=O) groups is 2. The molecule has 0 saturated carbocycles. The van der Waals surface area contributed by atoms with Crippen molar-refractivity contribution in [2.24, 2.45) is 10.3 Å². The Morgan fingerprint density at radius 3 is 1.55 bits per heavy atom. The molecular formula is C53H44N6O8S2. The summed E-state index contributed by atoms with van der Waals surface area (Å²) in [7, 11) is -7.77. The smallest absolute Gasteiger partial charge is 0.255 e. The molecule has 9 rings (SSSR count). The summed E-state index contributed by atoms with van der Waals surface area (Å²) in [6.07, 6.45) is 9.53. The molecule has 7 aromatic carbocycles. The van der Waals surface area contributed by atoms with Crippen LogP contribution in [0.2, 0.25) is 0 Å². The van der Waals surface area contributed by atoms with Crippen LogP contribution in [0.5, 0.6) is 17.2 Å². The number of hydrogen-bond donors (Lipinski definition) is 5. The minimum Gasteiger partial charge on any atom is -0.456 e. The molecule has 16 heteroatoms. The number of hydrogen-bond acceptors (Lipinski definition) is 10. The van der Waals surface area contributed by atoms with Crippen molar-refractivity contribution in [2.75, 3.05) is 16.4 Å². The highest BCUT2D eigenvalue weighted by molar-refractivity contribution is 7.89. The zero-order valence-electron chi connectivity index (χ0n) is 36.7. The zero-order valence-corrected chi connectivity index (χ0v) is 38.3. The third-order valence-corrected chi connectivity index (χ3v) is 12.7. The summed E-state index contributed by atoms with van der Waals surface area (Å²) in [4.78, 5) is 30.0. The van der Waals surface area contributed by atoms with E-state index < -0.39 is 20.0 Å². The lowest BCUT2D eigenvalue weighted by Crippen LogP contribution is -2.14. The molecule has 0 radical (unpaired) electrons. The normalized spacial score (nSPS) is 12.2. The second kappa shape index (κ2) is 20.6. The van der Waals surface area contributed by atoms with E-state index in [1.807, 2.05) is 48.6 Å². The van der Waals surface area contributed by atoms with Crippen molar-refractivity contribution < 1.29 is 35.9 Å². The minimum atomic E-state index is -3.90. The summed E-state index contributed by atoms with van der Waals surface area (Å²) >= 11 is 0. The molecule has 1 aromatic heterocycles. The Morgan fingerprint density at radius 1 is 0.551 bits per heavy atom. The van der Waals surface area contributed by atoms with E-state index in [2.05, 4.69) is 15.6 Å². The maximum Gasteiger partial charge on any atom is 0.255 e. The molecule has 8 N–H and O–H groups in total. The van der Waals surface area contributed by atoms with Crippen molar-refractivity contribution in [3.8, 4) is 39.5 Å². The predicted octanol–water partition coefficient (Wildman–Crippen LogP) is 10.0. The fraction of sp³-hybridized carbons (Fsp3) is 0.0377. The zero-order chi connectivity index (χ0) is 48.5. The van der Waals surface area contributed by atoms with Crippen LogP contribution in [-0.4, -0.2) is 33.6 Å². The summed E-state index contributed by atoms with van der Waals surface area (Å²) in [6, 6.07) is 47.9. The van der Waals surface area contributed by atoms with Crippen LogP contribution in [0.25, 0.3) is 33.0 Å². The van der Waals surface area contributed by atoms with Gasteiger partial charge in [0.2, 0.25) is 20.0 Å². The Kier molecular flexibility index (Phi) is 14.1. The second-order valence-electron chi connectivity index (χ2n) is 15.5. The van der Waals surface area contributed by atoms with Crippen LogP contribution in [0.4, 0.5) is 17.2 Å². The molecule has 69 heavy (non-hydrogen) atoms. The van der Waals surface area contributed by atoms with Crippen molar-refractivity contribution in [3.05, 3.63) is 211 Å². The van der Waals surface area contributed by atoms with Gasteiger partial charge in [-0.25, -0.2) is 32.1 Å². The van der Waals surface area contributed by atoms with E-state index in [1.54, 1.807) is 134 Å². The number of ether oxygens (including phenoxy) is 2. The number of pyridine rings is 1. The maximum absolute atomic E-state index is 13.0. The first-order chi connectivity index (χ1) is 33.2. The number of benzene rings is 7. The van der Waals surface area contributed by atoms with Crippen LogP contribution in [-0.2, 0) is 20.0 Å². The number of anilines is 3. The van der Waals surface area contributed by atoms with Crippen LogP contribution in [0.1, 0.15) is 33.6 Å². The highest BCUT2D eigenvalue weighted by Gasteiger charge is 2.18. The molecule has 1 heterocycles. The van der Waals surface area contributed by atoms with Crippen molar-refractivity contribution in [1.82, 2.24) is 4.98 Å². The summed E-state index contributed by atoms with van der Waals surface area (Å²) in [5.41, 5.74) is 10.1. The Labute approximate surface area is 398 Å². The van der Waals surface area contributed by atoms with E-state index in [1.165, 1.54) is 12.1 Å². The molecule has 0 bridgehead atoms. The van der Waals surface area contributed by atoms with Crippen LogP contribution >= 0.6 is 0 Å². The van der Waals surface area contributed by atoms with Gasteiger partial charge in [0.1, 0.15) is 17.3 Å². The molecule has 0 unspecified atom stereocenters. The minimum absolute atomic E-state index is 0.0181. The first-order valence-corrected chi connectivity index (χ1v) is 24.4. The third-order valence-electron chi connectivity index (χ3n) is 10.8. The largest absolute Gasteiger partial charge is 0.456 e. The van der Waals surface area contributed by atoms with Crippen LogP contribution in [0.15, 0.2) is 210 Å². The molecule has 8 aromatic rings. The van der Waals surface area contributed by atoms with Gasteiger partial charge in [-0.05, 0) is 120 Å². The molecule has 0 saturated heterocycles. The van der Waals surface area contributed by atoms with Gasteiger partial charge >= 0.3 is 0 Å². The first-order valence-electron chi connectivity index (χ1n) is 21.3. The number of aromatic nitrogens is 1. The highest BCUT2D eigenvalue weighted by atomic mass is 32.2. The van der Waals surface area contributed by atoms with E-state index in [0.29, 0.717) is 67.8 Å². The average Bonchev–Trinajstić information content (AvgIpc) is 3.35. The van der Waals surface area contributed by atoms with Crippen molar-refractivity contribution >= 4 is 59.8 Å². The summed E-state index contributed by atoms with van der Waals surface area (Å²) in [5, 5.41) is 18.1. The summed E-state index contributed by atoms with van der Waals surface area (Å²) in [5.74, 6) is 2.05. The van der Waals surface area contributed by atoms with E-state index in [0.717, 1.165) is 29.4 Å². The lowest BCUT2D eigenvalue weighted by atomic mass is 10.0. The topological polar surface area (TPSA) is 236 Å². The van der Waals surface area contributed by atoms with Gasteiger partial charge in [-0.1, -0.05) is 97.1 Å². The number of carbonyl (C=O) groups excluding carboxylic acids is 2. The summed E-state index contributed by atoms with van der Waals surface area (Å²) < 4.78 is 59.6. The number of fused-ring (bicyclic) bond motifs is 1. The monoisotopic (exact) mass is 956 g/mol. The molecule has 346 valence electrons. The maximum atomic E-state index is 13.0. The number of amides is 2. The number of nitrogens with one attached hydrogen (secondary N) is 2. The van der Waals surface area contributed by atoms with Crippen molar-refractivity contribution in [3.63, 3.8) is 0 Å². The van der Waals surface area contributed by atoms with Crippen molar-refractivity contribution in [2.45, 2.75) is 22.6 Å². The Hall–Kier alpha value is -8.41. The molecule has 14 nitrogen and oxygen atoms in total. The molecule has 0 atom stereocenters. The van der Waals surface area contributed by atoms with Crippen LogP contribution in [0.3, 0.4) is 0 Å². The first kappa shape index (κ1) is 47.1. The molecular weight excluding hydrogens is 913 g/mol. The highest BCUT2D eigenvalue weighted by Crippen LogP contribution is 2.34. The third kappa shape index (κ3) is 11.6. The Balaban J connectivity index is 0.000000188. The fourth-order valence-corrected chi connectivity index (χ4v) is 8.89. The number of nitrogens with two attached hydrogens (primary N) is 3. The molecule has 1 aliphatic rings. The molecule has 0 aliphatic heterocycles. The fourth-order valence-electron chi connectivity index (χ4n) is 7.37. The van der Waals surface area contributed by atoms with E-state index in [-0.39, 0.29) is 21.6 Å². The summed E-state index contributed by atoms with van der Waals surface area (Å²) in [6.45, 7) is 0. The van der Waals surface area contributed by atoms with Gasteiger partial charge in [-0.3, -0.25) is 9.59 Å². The number of allylic oxidation sites excluding steroid dienone is 3. The number of primary sulfonamides is 2. The SMILES string of the molecule is NS(=O)(=O)c1ccccc1-c1ccc(C(=O)Nc2ccccc2OC2=CCCC=C2)cc1.Nc1nccc2ccc(Oc3ccccc3NC(=O)c3ccc(-c4ccccc4S(N)(=O)=O)cc3)cc12. The Bertz CT molecular complexity index is 3510. The van der Waals surface area contributed by atoms with Gasteiger partial charge in [-0.15, -0.1) is 0 Å². The van der Waals surface area contributed by atoms with E-state index >= 15 is 0 Å². The standard InChI is InChI=1S/C28H22N4O4S.C25H22N2O4S/c29-27-23-17-21(14-13-19(23)15-16-31-27)36-25-7-3-2-6-24(25)32-28(33)20-11-9-18(10-12-20)22-5-1-4-8-26(22)37(30,34)35;26-32(29,30)24-13-7-4-10-21(24)18-14-16-19(17-15-18)25(28)27-22-11-5-6-12-23(22)31-20-8-2-1-3-9-20/h1-17H,(H2,29,31)(H,32,33)(H2,30,34,35);2,4-17H,1,3H2,(H,27,28)(H2,26,29,30). The number of nitrogens with zero attached hydrogens (tertiary/aromatic N) is 1. The number of para-hydroxylation sites is 4. The quantitative estimate of drug-likeness (QED) is 0.0777. The van der Waals surface area contributed by atoms with Gasteiger partial charge in [0.15, 0.2) is 11.5 Å². The molecule has 2 amide bonds. The Morgan fingerprint density at radius 2 is 1.04 bits per heavy atom. The van der Waals surface area contributed by atoms with Crippen molar-refractivity contribution in [1.29, 1.82) is 0 Å². The van der Waals surface area contributed by atoms with Gasteiger partial charge in [0.25, 0.3) is 11.8 Å². The number of nitrogen functional groups attached to an aromatic ring is 1. The van der Waals surface area contributed by atoms with Gasteiger partial charge in [0, 0.05) is 33.8 Å². The second-order valence-corrected chi connectivity index (χ2v) is 18.6. The predicted molar refractivity (Wildman–Crippen MR) is 269 cm³/mol. The van der Waals surface area contributed by atoms with Gasteiger partial charge in [0.05, 0.1) is 21.2 Å². The van der Waals surface area contributed by atoms with E-state index in [4.69, 9.17) is 25.5 Å². The van der Waals surface area contributed by atoms with Gasteiger partial charge in [-0.2, -0.15) is 0 Å².